The van der Waals surface area contributed by atoms with Crippen LogP contribution >= 0.6 is 22.7 Å². The summed E-state index contributed by atoms with van der Waals surface area (Å²) in [5.74, 6) is -0.422. The lowest BCUT2D eigenvalue weighted by Crippen LogP contribution is -2.09. The Morgan fingerprint density at radius 2 is 2.04 bits per heavy atom. The molecule has 1 amide bonds. The highest BCUT2D eigenvalue weighted by atomic mass is 32.1. The maximum absolute atomic E-state index is 13.1. The molecule has 6 heteroatoms. The summed E-state index contributed by atoms with van der Waals surface area (Å²) in [7, 11) is 0. The first-order chi connectivity index (χ1) is 11.2. The number of aromatic nitrogens is 1. The Labute approximate surface area is 141 Å². The van der Waals surface area contributed by atoms with Gasteiger partial charge in [-0.1, -0.05) is 19.4 Å². The first kappa shape index (κ1) is 15.8. The molecule has 0 radical (unpaired) electrons. The van der Waals surface area contributed by atoms with Crippen LogP contribution in [0.4, 0.5) is 9.52 Å². The number of anilines is 1. The molecule has 0 fully saturated rings. The Morgan fingerprint density at radius 3 is 2.70 bits per heavy atom. The molecule has 23 heavy (non-hydrogen) atoms. The van der Waals surface area contributed by atoms with Crippen LogP contribution in [0.5, 0.6) is 0 Å². The van der Waals surface area contributed by atoms with Crippen LogP contribution in [0.3, 0.4) is 0 Å². The van der Waals surface area contributed by atoms with E-state index in [1.807, 2.05) is 11.4 Å². The van der Waals surface area contributed by atoms with Gasteiger partial charge < -0.3 is 0 Å². The largest absolute Gasteiger partial charge is 0.297 e. The van der Waals surface area contributed by atoms with E-state index in [2.05, 4.69) is 17.2 Å². The first-order valence-corrected chi connectivity index (χ1v) is 8.97. The third kappa shape index (κ3) is 3.65. The highest BCUT2D eigenvalue weighted by Gasteiger charge is 2.15. The molecule has 118 valence electrons. The summed E-state index contributed by atoms with van der Waals surface area (Å²) < 4.78 is 13.1. The molecule has 0 aliphatic carbocycles. The number of nitrogens with zero attached hydrogens (tertiary/aromatic N) is 1. The summed E-state index contributed by atoms with van der Waals surface area (Å²) in [6.07, 6.45) is 1.86. The second-order valence-corrected chi connectivity index (χ2v) is 7.01. The van der Waals surface area contributed by atoms with Crippen molar-refractivity contribution >= 4 is 33.7 Å². The molecule has 1 N–H and O–H groups in total. The number of benzene rings is 1. The van der Waals surface area contributed by atoms with Crippen molar-refractivity contribution in [3.8, 4) is 11.3 Å². The van der Waals surface area contributed by atoms with Gasteiger partial charge in [0.05, 0.1) is 10.6 Å². The lowest BCUT2D eigenvalue weighted by Gasteiger charge is -2.00. The van der Waals surface area contributed by atoms with E-state index < -0.39 is 0 Å². The van der Waals surface area contributed by atoms with Crippen molar-refractivity contribution < 1.29 is 9.18 Å². The molecular weight excluding hydrogens is 331 g/mol. The Hall–Kier alpha value is -2.05. The van der Waals surface area contributed by atoms with Crippen molar-refractivity contribution in [1.82, 2.24) is 4.98 Å². The number of rotatable bonds is 5. The Bertz CT molecular complexity index is 795. The van der Waals surface area contributed by atoms with E-state index in [9.17, 15) is 9.18 Å². The average Bonchev–Trinajstić information content (AvgIpc) is 3.19. The molecule has 0 saturated carbocycles. The molecule has 3 aromatic rings. The van der Waals surface area contributed by atoms with Crippen LogP contribution in [-0.2, 0) is 6.42 Å². The van der Waals surface area contributed by atoms with E-state index >= 15 is 0 Å². The molecule has 2 aromatic heterocycles. The van der Waals surface area contributed by atoms with Crippen molar-refractivity contribution in [3.63, 3.8) is 0 Å². The van der Waals surface area contributed by atoms with Gasteiger partial charge in [0.2, 0.25) is 0 Å². The number of thiophene rings is 1. The van der Waals surface area contributed by atoms with Crippen molar-refractivity contribution in [1.29, 1.82) is 0 Å². The molecule has 0 unspecified atom stereocenters. The van der Waals surface area contributed by atoms with Gasteiger partial charge in [-0.25, -0.2) is 9.37 Å². The molecule has 0 aliphatic rings. The van der Waals surface area contributed by atoms with E-state index in [1.54, 1.807) is 18.2 Å². The molecule has 0 spiro atoms. The molecular formula is C17H15FN2OS2. The molecule has 0 saturated heterocycles. The summed E-state index contributed by atoms with van der Waals surface area (Å²) in [5, 5.41) is 5.29. The number of hydrogen-bond donors (Lipinski definition) is 1. The summed E-state index contributed by atoms with van der Waals surface area (Å²) >= 11 is 2.87. The minimum Gasteiger partial charge on any atom is -0.297 e. The van der Waals surface area contributed by atoms with Crippen molar-refractivity contribution in [3.05, 3.63) is 57.3 Å². The van der Waals surface area contributed by atoms with E-state index in [-0.39, 0.29) is 11.7 Å². The van der Waals surface area contributed by atoms with Crippen molar-refractivity contribution in [2.45, 2.75) is 19.8 Å². The van der Waals surface area contributed by atoms with E-state index in [0.29, 0.717) is 10.0 Å². The number of thiazole rings is 1. The normalized spacial score (nSPS) is 10.7. The highest BCUT2D eigenvalue weighted by Crippen LogP contribution is 2.32. The summed E-state index contributed by atoms with van der Waals surface area (Å²) in [4.78, 5) is 18.4. The number of carbonyl (C=O) groups is 1. The molecule has 3 nitrogen and oxygen atoms in total. The van der Waals surface area contributed by atoms with Crippen molar-refractivity contribution in [2.75, 3.05) is 5.32 Å². The molecule has 0 aliphatic heterocycles. The second-order valence-electron chi connectivity index (χ2n) is 4.98. The first-order valence-electron chi connectivity index (χ1n) is 7.28. The van der Waals surface area contributed by atoms with Crippen LogP contribution < -0.4 is 5.32 Å². The second kappa shape index (κ2) is 7.02. The minimum atomic E-state index is -0.271. The summed E-state index contributed by atoms with van der Waals surface area (Å²) in [6.45, 7) is 2.10. The third-order valence-corrected chi connectivity index (χ3v) is 5.16. The van der Waals surface area contributed by atoms with E-state index in [4.69, 9.17) is 0 Å². The zero-order valence-electron chi connectivity index (χ0n) is 12.5. The quantitative estimate of drug-likeness (QED) is 0.688. The fourth-order valence-corrected chi connectivity index (χ4v) is 3.90. The van der Waals surface area contributed by atoms with Gasteiger partial charge in [0.1, 0.15) is 5.82 Å². The Balaban J connectivity index is 1.89. The lowest BCUT2D eigenvalue weighted by molar-refractivity contribution is 0.103. The van der Waals surface area contributed by atoms with E-state index in [0.717, 1.165) is 29.0 Å². The van der Waals surface area contributed by atoms with Crippen LogP contribution in [0, 0.1) is 5.82 Å². The molecule has 0 bridgehead atoms. The molecule has 1 aromatic carbocycles. The van der Waals surface area contributed by atoms with Gasteiger partial charge >= 0.3 is 0 Å². The smallest absolute Gasteiger partial charge is 0.267 e. The van der Waals surface area contributed by atoms with Gasteiger partial charge in [-0.3, -0.25) is 10.1 Å². The van der Waals surface area contributed by atoms with Crippen molar-refractivity contribution in [2.24, 2.45) is 0 Å². The van der Waals surface area contributed by atoms with Gasteiger partial charge in [0.25, 0.3) is 5.91 Å². The zero-order chi connectivity index (χ0) is 16.2. The monoisotopic (exact) mass is 346 g/mol. The molecule has 3 rings (SSSR count). The number of amides is 1. The fourth-order valence-electron chi connectivity index (χ4n) is 2.20. The van der Waals surface area contributed by atoms with Gasteiger partial charge in [0.15, 0.2) is 5.13 Å². The SMILES string of the molecule is CCCc1sc(NC(=O)c2cccs2)nc1-c1ccc(F)cc1. The topological polar surface area (TPSA) is 42.0 Å². The van der Waals surface area contributed by atoms with Crippen LogP contribution in [0.2, 0.25) is 0 Å². The molecule has 0 atom stereocenters. The molecule has 2 heterocycles. The van der Waals surface area contributed by atoms with Gasteiger partial charge in [-0.15, -0.1) is 22.7 Å². The summed E-state index contributed by atoms with van der Waals surface area (Å²) in [6, 6.07) is 9.90. The maximum Gasteiger partial charge on any atom is 0.267 e. The van der Waals surface area contributed by atoms with Gasteiger partial charge in [-0.2, -0.15) is 0 Å². The predicted molar refractivity (Wildman–Crippen MR) is 93.8 cm³/mol. The van der Waals surface area contributed by atoms with Crippen LogP contribution in [0.25, 0.3) is 11.3 Å². The van der Waals surface area contributed by atoms with Gasteiger partial charge in [0, 0.05) is 10.4 Å². The van der Waals surface area contributed by atoms with Crippen LogP contribution in [0.15, 0.2) is 41.8 Å². The van der Waals surface area contributed by atoms with Crippen LogP contribution in [-0.4, -0.2) is 10.9 Å². The highest BCUT2D eigenvalue weighted by molar-refractivity contribution is 7.16. The number of aryl methyl sites for hydroxylation is 1. The standard InChI is InChI=1S/C17H15FN2OS2/c1-2-4-13-15(11-6-8-12(18)9-7-11)19-17(23-13)20-16(21)14-5-3-10-22-14/h3,5-10H,2,4H2,1H3,(H,19,20,21). The number of carbonyl (C=O) groups excluding carboxylic acids is 1. The lowest BCUT2D eigenvalue weighted by atomic mass is 10.1. The number of hydrogen-bond acceptors (Lipinski definition) is 4. The zero-order valence-corrected chi connectivity index (χ0v) is 14.1. The minimum absolute atomic E-state index is 0.151. The Morgan fingerprint density at radius 1 is 1.26 bits per heavy atom. The fraction of sp³-hybridized carbons (Fsp3) is 0.176. The van der Waals surface area contributed by atoms with Gasteiger partial charge in [-0.05, 0) is 42.1 Å². The summed E-state index contributed by atoms with van der Waals surface area (Å²) in [5.41, 5.74) is 1.68. The number of halogens is 1. The third-order valence-electron chi connectivity index (χ3n) is 3.26. The van der Waals surface area contributed by atoms with E-state index in [1.165, 1.54) is 34.8 Å². The predicted octanol–water partition coefficient (Wildman–Crippen LogP) is 5.22. The number of nitrogens with one attached hydrogen (secondary N) is 1. The van der Waals surface area contributed by atoms with Crippen LogP contribution in [0.1, 0.15) is 27.9 Å². The Kier molecular flexibility index (Phi) is 4.83. The maximum atomic E-state index is 13.1. The average molecular weight is 346 g/mol.